The number of amides is 2. The highest BCUT2D eigenvalue weighted by molar-refractivity contribution is 7.12. The molecule has 0 spiro atoms. The number of hydrogen-bond acceptors (Lipinski definition) is 4. The lowest BCUT2D eigenvalue weighted by atomic mass is 9.69. The third kappa shape index (κ3) is 4.34. The molecule has 1 atom stereocenters. The van der Waals surface area contributed by atoms with Gasteiger partial charge in [-0.25, -0.2) is 0 Å². The molecule has 2 heterocycles. The van der Waals surface area contributed by atoms with Crippen LogP contribution in [0, 0.1) is 5.92 Å². The molecule has 1 aliphatic carbocycles. The average molecular weight is 484 g/mol. The summed E-state index contributed by atoms with van der Waals surface area (Å²) in [5.41, 5.74) is 7.67. The van der Waals surface area contributed by atoms with Gasteiger partial charge in [-0.2, -0.15) is 0 Å². The second kappa shape index (κ2) is 10.0. The van der Waals surface area contributed by atoms with E-state index in [4.69, 9.17) is 5.73 Å². The summed E-state index contributed by atoms with van der Waals surface area (Å²) < 4.78 is 0. The fraction of sp³-hybridized carbons (Fsp3) is 0.276. The minimum absolute atomic E-state index is 0.0736. The van der Waals surface area contributed by atoms with Gasteiger partial charge in [0.2, 0.25) is 5.91 Å². The molecule has 2 aromatic heterocycles. The van der Waals surface area contributed by atoms with E-state index in [1.807, 2.05) is 78.2 Å². The number of carbonyl (C=O) groups is 2. The minimum atomic E-state index is -1.28. The van der Waals surface area contributed by atoms with E-state index in [0.717, 1.165) is 54.1 Å². The van der Waals surface area contributed by atoms with Crippen LogP contribution in [0.15, 0.2) is 84.4 Å². The molecule has 4 aromatic rings. The Labute approximate surface area is 209 Å². The number of rotatable bonds is 7. The van der Waals surface area contributed by atoms with E-state index in [9.17, 15) is 9.59 Å². The van der Waals surface area contributed by atoms with Crippen LogP contribution in [-0.2, 0) is 16.9 Å². The molecule has 0 bridgehead atoms. The van der Waals surface area contributed by atoms with Crippen molar-refractivity contribution in [1.29, 1.82) is 0 Å². The third-order valence-corrected chi connectivity index (χ3v) is 8.06. The summed E-state index contributed by atoms with van der Waals surface area (Å²) in [4.78, 5) is 34.7. The molecule has 178 valence electrons. The zero-order valence-electron chi connectivity index (χ0n) is 19.6. The maximum atomic E-state index is 14.2. The highest BCUT2D eigenvalue weighted by atomic mass is 32.1. The van der Waals surface area contributed by atoms with Gasteiger partial charge in [0, 0.05) is 18.1 Å². The Morgan fingerprint density at radius 3 is 2.49 bits per heavy atom. The van der Waals surface area contributed by atoms with Crippen LogP contribution in [0.4, 0.5) is 0 Å². The van der Waals surface area contributed by atoms with Crippen molar-refractivity contribution in [3.63, 3.8) is 0 Å². The number of pyridine rings is 1. The lowest BCUT2D eigenvalue weighted by Crippen LogP contribution is -2.61. The summed E-state index contributed by atoms with van der Waals surface area (Å²) in [6, 6.07) is 23.3. The van der Waals surface area contributed by atoms with E-state index in [2.05, 4.69) is 4.98 Å². The summed E-state index contributed by atoms with van der Waals surface area (Å²) >= 11 is 1.39. The van der Waals surface area contributed by atoms with Gasteiger partial charge in [-0.3, -0.25) is 14.6 Å². The second-order valence-electron chi connectivity index (χ2n) is 9.23. The van der Waals surface area contributed by atoms with Crippen molar-refractivity contribution in [2.45, 2.75) is 44.2 Å². The smallest absolute Gasteiger partial charge is 0.265 e. The number of fused-ring (bicyclic) bond motifs is 1. The Hall–Kier alpha value is -3.51. The summed E-state index contributed by atoms with van der Waals surface area (Å²) in [6.45, 7) is 0.294. The molecule has 1 unspecified atom stereocenters. The van der Waals surface area contributed by atoms with Crippen LogP contribution in [0.5, 0.6) is 0 Å². The van der Waals surface area contributed by atoms with Gasteiger partial charge in [0.05, 0.1) is 10.4 Å². The van der Waals surface area contributed by atoms with E-state index >= 15 is 0 Å². The predicted octanol–water partition coefficient (Wildman–Crippen LogP) is 5.90. The van der Waals surface area contributed by atoms with E-state index in [-0.39, 0.29) is 11.8 Å². The molecule has 1 aliphatic rings. The third-order valence-electron chi connectivity index (χ3n) is 7.20. The van der Waals surface area contributed by atoms with Gasteiger partial charge in [-0.15, -0.1) is 11.3 Å². The van der Waals surface area contributed by atoms with Gasteiger partial charge in [-0.1, -0.05) is 67.8 Å². The van der Waals surface area contributed by atoms with E-state index < -0.39 is 11.4 Å². The SMILES string of the molecule is NC(=O)C(c1ccc2ncccc2c1)(C1CCCCC1)N(Cc1ccccc1)C(=O)c1cccs1. The Morgan fingerprint density at radius 2 is 1.77 bits per heavy atom. The largest absolute Gasteiger partial charge is 0.367 e. The second-order valence-corrected chi connectivity index (χ2v) is 10.2. The number of benzene rings is 2. The molecule has 0 aliphatic heterocycles. The number of nitrogens with zero attached hydrogens (tertiary/aromatic N) is 2. The van der Waals surface area contributed by atoms with Crippen LogP contribution in [0.2, 0.25) is 0 Å². The van der Waals surface area contributed by atoms with Crippen LogP contribution in [0.25, 0.3) is 10.9 Å². The Bertz CT molecular complexity index is 1320. The number of nitrogens with two attached hydrogens (primary N) is 1. The van der Waals surface area contributed by atoms with E-state index in [0.29, 0.717) is 11.4 Å². The molecule has 0 saturated heterocycles. The quantitative estimate of drug-likeness (QED) is 0.356. The Balaban J connectivity index is 1.75. The molecule has 2 amide bonds. The van der Waals surface area contributed by atoms with Gasteiger partial charge in [0.1, 0.15) is 5.54 Å². The average Bonchev–Trinajstić information content (AvgIpc) is 3.44. The summed E-state index contributed by atoms with van der Waals surface area (Å²) in [5, 5.41) is 2.82. The van der Waals surface area contributed by atoms with E-state index in [1.54, 1.807) is 11.1 Å². The highest BCUT2D eigenvalue weighted by Crippen LogP contribution is 2.46. The Morgan fingerprint density at radius 1 is 0.971 bits per heavy atom. The van der Waals surface area contributed by atoms with Gasteiger partial charge < -0.3 is 10.6 Å². The fourth-order valence-corrected chi connectivity index (χ4v) is 6.25. The lowest BCUT2D eigenvalue weighted by molar-refractivity contribution is -0.135. The first kappa shape index (κ1) is 23.2. The number of aromatic nitrogens is 1. The maximum absolute atomic E-state index is 14.2. The van der Waals surface area contributed by atoms with E-state index in [1.165, 1.54) is 11.3 Å². The minimum Gasteiger partial charge on any atom is -0.367 e. The van der Waals surface area contributed by atoms with Gasteiger partial charge in [0.15, 0.2) is 0 Å². The molecule has 6 heteroatoms. The first-order valence-electron chi connectivity index (χ1n) is 12.2. The van der Waals surface area contributed by atoms with Crippen molar-refractivity contribution in [2.24, 2.45) is 11.7 Å². The van der Waals surface area contributed by atoms with Crippen LogP contribution in [0.3, 0.4) is 0 Å². The molecular weight excluding hydrogens is 454 g/mol. The zero-order chi connectivity index (χ0) is 24.3. The molecule has 5 nitrogen and oxygen atoms in total. The van der Waals surface area contributed by atoms with Gasteiger partial charge in [-0.05, 0) is 59.5 Å². The van der Waals surface area contributed by atoms with Crippen molar-refractivity contribution in [3.8, 4) is 0 Å². The van der Waals surface area contributed by atoms with Crippen LogP contribution >= 0.6 is 11.3 Å². The first-order chi connectivity index (χ1) is 17.1. The van der Waals surface area contributed by atoms with Crippen LogP contribution in [0.1, 0.15) is 52.9 Å². The number of carbonyl (C=O) groups excluding carboxylic acids is 2. The molecule has 0 radical (unpaired) electrons. The van der Waals surface area contributed by atoms with Crippen molar-refractivity contribution in [1.82, 2.24) is 9.88 Å². The number of thiophene rings is 1. The monoisotopic (exact) mass is 483 g/mol. The van der Waals surface area contributed by atoms with Crippen LogP contribution < -0.4 is 5.73 Å². The molecular formula is C29H29N3O2S. The normalized spacial score (nSPS) is 16.0. The molecule has 1 saturated carbocycles. The highest BCUT2D eigenvalue weighted by Gasteiger charge is 2.53. The Kier molecular flexibility index (Phi) is 6.64. The maximum Gasteiger partial charge on any atom is 0.265 e. The summed E-state index contributed by atoms with van der Waals surface area (Å²) in [7, 11) is 0. The van der Waals surface area contributed by atoms with Crippen molar-refractivity contribution >= 4 is 34.1 Å². The standard InChI is InChI=1S/C29H29N3O2S/c30-28(34)29(23-12-5-2-6-13-23,24-15-16-25-22(19-24)11-7-17-31-25)32(20-21-9-3-1-4-10-21)27(33)26-14-8-18-35-26/h1,3-4,7-11,14-19,23H,2,5-6,12-13,20H2,(H2,30,34). The van der Waals surface area contributed by atoms with Crippen molar-refractivity contribution in [3.05, 3.63) is 100 Å². The van der Waals surface area contributed by atoms with Gasteiger partial charge in [0.25, 0.3) is 5.91 Å². The van der Waals surface area contributed by atoms with Crippen molar-refractivity contribution < 1.29 is 9.59 Å². The number of hydrogen-bond donors (Lipinski definition) is 1. The molecule has 2 N–H and O–H groups in total. The van der Waals surface area contributed by atoms with Gasteiger partial charge >= 0.3 is 0 Å². The molecule has 1 fully saturated rings. The molecule has 35 heavy (non-hydrogen) atoms. The summed E-state index contributed by atoms with van der Waals surface area (Å²) in [6.07, 6.45) is 6.60. The predicted molar refractivity (Wildman–Crippen MR) is 140 cm³/mol. The lowest BCUT2D eigenvalue weighted by Gasteiger charge is -2.48. The molecule has 2 aromatic carbocycles. The summed E-state index contributed by atoms with van der Waals surface area (Å²) in [5.74, 6) is -0.719. The topological polar surface area (TPSA) is 76.3 Å². The number of primary amides is 1. The molecule has 5 rings (SSSR count). The van der Waals surface area contributed by atoms with Crippen LogP contribution in [-0.4, -0.2) is 21.7 Å². The first-order valence-corrected chi connectivity index (χ1v) is 13.0. The van der Waals surface area contributed by atoms with Crippen molar-refractivity contribution in [2.75, 3.05) is 0 Å². The fourth-order valence-electron chi connectivity index (χ4n) is 5.58. The zero-order valence-corrected chi connectivity index (χ0v) is 20.4.